The van der Waals surface area contributed by atoms with Gasteiger partial charge in [-0.25, -0.2) is 0 Å². The molecule has 3 atom stereocenters. The lowest BCUT2D eigenvalue weighted by Crippen LogP contribution is -2.33. The number of hydrogen-bond donors (Lipinski definition) is 1. The van der Waals surface area contributed by atoms with Crippen molar-refractivity contribution < 1.29 is 19.4 Å². The number of allylic oxidation sites excluding steroid dienone is 1. The molecule has 4 heteroatoms. The lowest BCUT2D eigenvalue weighted by Gasteiger charge is -2.26. The summed E-state index contributed by atoms with van der Waals surface area (Å²) in [6, 6.07) is 0. The molecule has 3 unspecified atom stereocenters. The molecule has 1 aliphatic rings. The Morgan fingerprint density at radius 2 is 1.12 bits per heavy atom. The molecule has 1 rings (SSSR count). The highest BCUT2D eigenvalue weighted by Gasteiger charge is 2.35. The van der Waals surface area contributed by atoms with Crippen LogP contribution in [0, 0.1) is 17.8 Å². The second-order valence-electron chi connectivity index (χ2n) is 13.0. The average Bonchev–Trinajstić information content (AvgIpc) is 2.94. The van der Waals surface area contributed by atoms with E-state index in [0.717, 1.165) is 38.0 Å². The van der Waals surface area contributed by atoms with Gasteiger partial charge in [-0.15, -0.1) is 0 Å². The summed E-state index contributed by atoms with van der Waals surface area (Å²) in [5, 5.41) is 9.58. The van der Waals surface area contributed by atoms with Gasteiger partial charge in [0.1, 0.15) is 6.10 Å². The van der Waals surface area contributed by atoms with Crippen LogP contribution in [0.1, 0.15) is 181 Å². The van der Waals surface area contributed by atoms with Gasteiger partial charge in [0.25, 0.3) is 0 Å². The maximum absolute atomic E-state index is 13.0. The summed E-state index contributed by atoms with van der Waals surface area (Å²) >= 11 is 0. The van der Waals surface area contributed by atoms with Crippen LogP contribution in [0.2, 0.25) is 0 Å². The third-order valence-electron chi connectivity index (χ3n) is 8.73. The Morgan fingerprint density at radius 1 is 0.700 bits per heavy atom. The van der Waals surface area contributed by atoms with Gasteiger partial charge in [0, 0.05) is 0 Å². The van der Waals surface area contributed by atoms with Gasteiger partial charge >= 0.3 is 11.9 Å². The van der Waals surface area contributed by atoms with Crippen LogP contribution in [-0.2, 0) is 14.3 Å². The van der Waals surface area contributed by atoms with Gasteiger partial charge in [-0.1, -0.05) is 155 Å². The van der Waals surface area contributed by atoms with Crippen molar-refractivity contribution in [2.24, 2.45) is 17.8 Å². The summed E-state index contributed by atoms with van der Waals surface area (Å²) in [4.78, 5) is 24.7. The first-order valence-electron chi connectivity index (χ1n) is 17.6. The van der Waals surface area contributed by atoms with Crippen molar-refractivity contribution in [2.45, 2.75) is 187 Å². The van der Waals surface area contributed by atoms with E-state index in [1.165, 1.54) is 122 Å². The number of esters is 1. The monoisotopic (exact) mass is 562 g/mol. The number of aliphatic carboxylic acids is 1. The summed E-state index contributed by atoms with van der Waals surface area (Å²) in [6.45, 7) is 6.85. The Morgan fingerprint density at radius 3 is 1.55 bits per heavy atom. The van der Waals surface area contributed by atoms with Crippen molar-refractivity contribution in [2.75, 3.05) is 0 Å². The van der Waals surface area contributed by atoms with Gasteiger partial charge in [-0.05, 0) is 44.4 Å². The van der Waals surface area contributed by atoms with Crippen LogP contribution in [0.25, 0.3) is 0 Å². The predicted octanol–water partition coefficient (Wildman–Crippen LogP) is 11.2. The molecule has 0 aliphatic heterocycles. The van der Waals surface area contributed by atoms with E-state index in [1.54, 1.807) is 6.08 Å². The average molecular weight is 563 g/mol. The zero-order valence-electron chi connectivity index (χ0n) is 26.8. The molecule has 0 aromatic rings. The van der Waals surface area contributed by atoms with Crippen LogP contribution < -0.4 is 0 Å². The van der Waals surface area contributed by atoms with Crippen molar-refractivity contribution in [3.05, 3.63) is 12.2 Å². The molecule has 0 amide bonds. The minimum atomic E-state index is -0.883. The smallest absolute Gasteiger partial charge is 0.313 e. The first-order chi connectivity index (χ1) is 19.5. The molecule has 1 N–H and O–H groups in total. The summed E-state index contributed by atoms with van der Waals surface area (Å²) in [6.07, 6.45) is 34.3. The van der Waals surface area contributed by atoms with Crippen LogP contribution in [0.15, 0.2) is 12.2 Å². The number of carbonyl (C=O) groups excluding carboxylic acids is 1. The van der Waals surface area contributed by atoms with Gasteiger partial charge < -0.3 is 9.84 Å². The van der Waals surface area contributed by atoms with E-state index in [2.05, 4.69) is 20.8 Å². The van der Waals surface area contributed by atoms with Crippen molar-refractivity contribution in [3.8, 4) is 0 Å². The Balaban J connectivity index is 2.26. The van der Waals surface area contributed by atoms with Gasteiger partial charge in [0.05, 0.1) is 11.8 Å². The standard InChI is InChI=1S/C36H66O4/c1-4-5-6-7-8-9-10-11-12-13-14-15-16-19-22-27-32(28-23-20-17-18-21-26-31(2)3)40-36(39)34-30-25-24-29-33(34)35(37)38/h25,30-34H,4-24,26-29H2,1-3H3,(H,37,38). The second kappa shape index (κ2) is 25.4. The maximum atomic E-state index is 13.0. The second-order valence-corrected chi connectivity index (χ2v) is 13.0. The Hall–Kier alpha value is -1.32. The molecule has 0 radical (unpaired) electrons. The highest BCUT2D eigenvalue weighted by Crippen LogP contribution is 2.28. The molecule has 0 fully saturated rings. The Labute approximate surface area is 248 Å². The number of carboxylic acids is 1. The van der Waals surface area contributed by atoms with E-state index < -0.39 is 17.8 Å². The van der Waals surface area contributed by atoms with Gasteiger partial charge in [-0.2, -0.15) is 0 Å². The summed E-state index contributed by atoms with van der Waals surface area (Å²) in [5.74, 6) is -1.71. The number of rotatable bonds is 27. The third-order valence-corrected chi connectivity index (χ3v) is 8.73. The molecule has 4 nitrogen and oxygen atoms in total. The highest BCUT2D eigenvalue weighted by atomic mass is 16.5. The normalized spacial score (nSPS) is 17.8. The van der Waals surface area contributed by atoms with E-state index in [1.807, 2.05) is 6.08 Å². The van der Waals surface area contributed by atoms with Gasteiger partial charge in [-0.3, -0.25) is 9.59 Å². The van der Waals surface area contributed by atoms with Crippen molar-refractivity contribution in [1.82, 2.24) is 0 Å². The molecular weight excluding hydrogens is 496 g/mol. The minimum Gasteiger partial charge on any atom is -0.481 e. The largest absolute Gasteiger partial charge is 0.481 e. The van der Waals surface area contributed by atoms with E-state index in [0.29, 0.717) is 6.42 Å². The summed E-state index contributed by atoms with van der Waals surface area (Å²) < 4.78 is 6.00. The molecule has 0 saturated heterocycles. The van der Waals surface area contributed by atoms with E-state index >= 15 is 0 Å². The van der Waals surface area contributed by atoms with E-state index in [-0.39, 0.29) is 12.1 Å². The Bertz CT molecular complexity index is 641. The van der Waals surface area contributed by atoms with Crippen LogP contribution in [-0.4, -0.2) is 23.1 Å². The number of carboxylic acid groups (broad SMARTS) is 1. The maximum Gasteiger partial charge on any atom is 0.313 e. The number of ether oxygens (including phenoxy) is 1. The van der Waals surface area contributed by atoms with Gasteiger partial charge in [0.15, 0.2) is 0 Å². The summed E-state index contributed by atoms with van der Waals surface area (Å²) in [7, 11) is 0. The third kappa shape index (κ3) is 19.7. The molecule has 234 valence electrons. The highest BCUT2D eigenvalue weighted by molar-refractivity contribution is 5.83. The minimum absolute atomic E-state index is 0.0742. The van der Waals surface area contributed by atoms with Crippen molar-refractivity contribution in [1.29, 1.82) is 0 Å². The van der Waals surface area contributed by atoms with Crippen LogP contribution in [0.4, 0.5) is 0 Å². The number of carbonyl (C=O) groups is 2. The number of unbranched alkanes of at least 4 members (excludes halogenated alkanes) is 18. The van der Waals surface area contributed by atoms with Crippen LogP contribution in [0.5, 0.6) is 0 Å². The SMILES string of the molecule is CCCCCCCCCCCCCCCCCC(CCCCCCCC(C)C)OC(=O)C1C=CCCC1C(=O)O. The molecule has 40 heavy (non-hydrogen) atoms. The first kappa shape index (κ1) is 36.7. The zero-order valence-corrected chi connectivity index (χ0v) is 26.8. The predicted molar refractivity (Wildman–Crippen MR) is 170 cm³/mol. The van der Waals surface area contributed by atoms with Crippen LogP contribution >= 0.6 is 0 Å². The fourth-order valence-corrected chi connectivity index (χ4v) is 6.06. The number of hydrogen-bond acceptors (Lipinski definition) is 3. The summed E-state index contributed by atoms with van der Waals surface area (Å²) in [5.41, 5.74) is 0. The molecule has 0 bridgehead atoms. The molecule has 0 aromatic heterocycles. The molecule has 0 aromatic carbocycles. The first-order valence-corrected chi connectivity index (χ1v) is 17.6. The van der Waals surface area contributed by atoms with Crippen LogP contribution in [0.3, 0.4) is 0 Å². The van der Waals surface area contributed by atoms with Gasteiger partial charge in [0.2, 0.25) is 0 Å². The quantitative estimate of drug-likeness (QED) is 0.0614. The van der Waals surface area contributed by atoms with Crippen molar-refractivity contribution in [3.63, 3.8) is 0 Å². The topological polar surface area (TPSA) is 63.6 Å². The molecule has 0 saturated carbocycles. The lowest BCUT2D eigenvalue weighted by molar-refractivity contribution is -0.160. The fraction of sp³-hybridized carbons (Fsp3) is 0.889. The van der Waals surface area contributed by atoms with E-state index in [9.17, 15) is 14.7 Å². The zero-order chi connectivity index (χ0) is 29.3. The molecule has 0 heterocycles. The van der Waals surface area contributed by atoms with Crippen molar-refractivity contribution >= 4 is 11.9 Å². The molecular formula is C36H66O4. The fourth-order valence-electron chi connectivity index (χ4n) is 6.06. The Kier molecular flexibility index (Phi) is 23.3. The lowest BCUT2D eigenvalue weighted by atomic mass is 9.84. The molecule has 1 aliphatic carbocycles. The molecule has 0 spiro atoms. The van der Waals surface area contributed by atoms with E-state index in [4.69, 9.17) is 4.74 Å².